The molecule has 98 valence electrons. The van der Waals surface area contributed by atoms with Crippen LogP contribution in [0, 0.1) is 3.57 Å². The van der Waals surface area contributed by atoms with E-state index in [1.54, 1.807) is 6.08 Å². The molecule has 1 aromatic carbocycles. The first kappa shape index (κ1) is 13.9. The molecule has 0 aliphatic heterocycles. The van der Waals surface area contributed by atoms with Crippen molar-refractivity contribution in [3.05, 3.63) is 57.6 Å². The first-order valence-electron chi connectivity index (χ1n) is 6.01. The summed E-state index contributed by atoms with van der Waals surface area (Å²) in [5.41, 5.74) is 0.812. The monoisotopic (exact) mass is 367 g/mol. The first-order chi connectivity index (χ1) is 9.19. The summed E-state index contributed by atoms with van der Waals surface area (Å²) in [5, 5.41) is 2.83. The highest BCUT2D eigenvalue weighted by Crippen LogP contribution is 2.17. The quantitative estimate of drug-likeness (QED) is 0.653. The van der Waals surface area contributed by atoms with E-state index in [-0.39, 0.29) is 5.91 Å². The second-order valence-electron chi connectivity index (χ2n) is 3.96. The van der Waals surface area contributed by atoms with Gasteiger partial charge in [-0.3, -0.25) is 4.79 Å². The highest BCUT2D eigenvalue weighted by Gasteiger charge is 2.02. The molecule has 0 bridgehead atoms. The molecule has 0 radical (unpaired) electrons. The van der Waals surface area contributed by atoms with Crippen LogP contribution in [-0.4, -0.2) is 5.91 Å². The minimum absolute atomic E-state index is 0.168. The molecular formula is C15H14INO2. The van der Waals surface area contributed by atoms with E-state index in [1.807, 2.05) is 43.3 Å². The zero-order valence-electron chi connectivity index (χ0n) is 10.5. The molecule has 1 N–H and O–H groups in total. The molecule has 1 heterocycles. The van der Waals surface area contributed by atoms with Gasteiger partial charge in [-0.05, 0) is 52.9 Å². The van der Waals surface area contributed by atoms with Gasteiger partial charge in [-0.1, -0.05) is 19.1 Å². The van der Waals surface area contributed by atoms with Gasteiger partial charge in [0.15, 0.2) is 0 Å². The number of benzene rings is 1. The minimum Gasteiger partial charge on any atom is -0.462 e. The number of anilines is 1. The Hall–Kier alpha value is -1.56. The molecule has 19 heavy (non-hydrogen) atoms. The van der Waals surface area contributed by atoms with Crippen LogP contribution in [0.2, 0.25) is 0 Å². The van der Waals surface area contributed by atoms with E-state index < -0.39 is 0 Å². The molecular weight excluding hydrogens is 353 g/mol. The van der Waals surface area contributed by atoms with Crippen molar-refractivity contribution in [2.75, 3.05) is 5.32 Å². The molecule has 0 atom stereocenters. The van der Waals surface area contributed by atoms with Crippen molar-refractivity contribution in [1.29, 1.82) is 0 Å². The average molecular weight is 367 g/mol. The topological polar surface area (TPSA) is 42.2 Å². The van der Waals surface area contributed by atoms with E-state index in [4.69, 9.17) is 4.42 Å². The fourth-order valence-electron chi connectivity index (χ4n) is 1.57. The lowest BCUT2D eigenvalue weighted by molar-refractivity contribution is -0.111. The molecule has 3 nitrogen and oxygen atoms in total. The molecule has 2 rings (SSSR count). The summed E-state index contributed by atoms with van der Waals surface area (Å²) in [4.78, 5) is 11.8. The van der Waals surface area contributed by atoms with Gasteiger partial charge in [0.2, 0.25) is 5.91 Å². The zero-order chi connectivity index (χ0) is 13.7. The second-order valence-corrected chi connectivity index (χ2v) is 5.12. The minimum atomic E-state index is -0.168. The number of amides is 1. The van der Waals surface area contributed by atoms with E-state index in [0.717, 1.165) is 21.4 Å². The van der Waals surface area contributed by atoms with E-state index in [0.29, 0.717) is 5.76 Å². The van der Waals surface area contributed by atoms with Crippen molar-refractivity contribution in [2.45, 2.75) is 13.3 Å². The predicted molar refractivity (Wildman–Crippen MR) is 84.9 cm³/mol. The lowest BCUT2D eigenvalue weighted by Gasteiger charge is -2.03. The van der Waals surface area contributed by atoms with Crippen molar-refractivity contribution in [3.63, 3.8) is 0 Å². The molecule has 0 fully saturated rings. The van der Waals surface area contributed by atoms with Crippen LogP contribution >= 0.6 is 22.6 Å². The predicted octanol–water partition coefficient (Wildman–Crippen LogP) is 4.10. The summed E-state index contributed by atoms with van der Waals surface area (Å²) in [7, 11) is 0. The van der Waals surface area contributed by atoms with Gasteiger partial charge in [0, 0.05) is 16.1 Å². The molecule has 2 aromatic rings. The number of carbonyl (C=O) groups excluding carboxylic acids is 1. The number of aryl methyl sites for hydroxylation is 1. The maximum absolute atomic E-state index is 11.8. The summed E-state index contributed by atoms with van der Waals surface area (Å²) < 4.78 is 6.50. The third-order valence-corrected chi connectivity index (χ3v) is 3.50. The van der Waals surface area contributed by atoms with Gasteiger partial charge in [0.25, 0.3) is 0 Å². The van der Waals surface area contributed by atoms with Crippen molar-refractivity contribution in [3.8, 4) is 0 Å². The Morgan fingerprint density at radius 1 is 1.32 bits per heavy atom. The summed E-state index contributed by atoms with van der Waals surface area (Å²) in [5.74, 6) is 1.44. The summed E-state index contributed by atoms with van der Waals surface area (Å²) in [6.45, 7) is 2.02. The molecule has 1 aromatic heterocycles. The number of halogens is 1. The van der Waals surface area contributed by atoms with Crippen molar-refractivity contribution >= 4 is 40.3 Å². The van der Waals surface area contributed by atoms with E-state index in [2.05, 4.69) is 27.9 Å². The fourth-order valence-corrected chi connectivity index (χ4v) is 2.09. The van der Waals surface area contributed by atoms with E-state index in [9.17, 15) is 4.79 Å². The Kier molecular flexibility index (Phi) is 4.79. The van der Waals surface area contributed by atoms with Crippen molar-refractivity contribution < 1.29 is 9.21 Å². The van der Waals surface area contributed by atoms with Gasteiger partial charge >= 0.3 is 0 Å². The van der Waals surface area contributed by atoms with Gasteiger partial charge in [0.05, 0.1) is 5.69 Å². The Morgan fingerprint density at radius 3 is 2.79 bits per heavy atom. The average Bonchev–Trinajstić information content (AvgIpc) is 2.87. The highest BCUT2D eigenvalue weighted by molar-refractivity contribution is 14.1. The van der Waals surface area contributed by atoms with Crippen molar-refractivity contribution in [1.82, 2.24) is 0 Å². The molecule has 0 aliphatic carbocycles. The van der Waals surface area contributed by atoms with E-state index >= 15 is 0 Å². The number of hydrogen-bond acceptors (Lipinski definition) is 2. The van der Waals surface area contributed by atoms with Gasteiger partial charge in [-0.2, -0.15) is 0 Å². The molecule has 0 aliphatic rings. The van der Waals surface area contributed by atoms with Crippen molar-refractivity contribution in [2.24, 2.45) is 0 Å². The maximum atomic E-state index is 11.8. The van der Waals surface area contributed by atoms with Crippen LogP contribution in [0.4, 0.5) is 5.69 Å². The zero-order valence-corrected chi connectivity index (χ0v) is 12.7. The standard InChI is InChI=1S/C15H14INO2/c1-2-11-7-8-12(19-11)9-10-15(18)17-14-6-4-3-5-13(14)16/h3-10H,2H2,1H3,(H,17,18). The number of furan rings is 1. The van der Waals surface area contributed by atoms with Crippen LogP contribution in [0.15, 0.2) is 46.9 Å². The lowest BCUT2D eigenvalue weighted by atomic mass is 10.3. The Bertz CT molecular complexity index is 602. The molecule has 0 spiro atoms. The number of carbonyl (C=O) groups is 1. The largest absolute Gasteiger partial charge is 0.462 e. The molecule has 0 unspecified atom stereocenters. The number of para-hydroxylation sites is 1. The number of hydrogen-bond donors (Lipinski definition) is 1. The SMILES string of the molecule is CCc1ccc(C=CC(=O)Nc2ccccc2I)o1. The van der Waals surface area contributed by atoms with Crippen LogP contribution in [-0.2, 0) is 11.2 Å². The van der Waals surface area contributed by atoms with Crippen LogP contribution < -0.4 is 5.32 Å². The Morgan fingerprint density at radius 2 is 2.11 bits per heavy atom. The van der Waals surface area contributed by atoms with Gasteiger partial charge in [-0.25, -0.2) is 0 Å². The van der Waals surface area contributed by atoms with Crippen LogP contribution in [0.25, 0.3) is 6.08 Å². The maximum Gasteiger partial charge on any atom is 0.248 e. The summed E-state index contributed by atoms with van der Waals surface area (Å²) in [6.07, 6.45) is 3.99. The molecule has 1 amide bonds. The molecule has 0 saturated carbocycles. The molecule has 4 heteroatoms. The normalized spacial score (nSPS) is 10.8. The summed E-state index contributed by atoms with van der Waals surface area (Å²) >= 11 is 2.18. The van der Waals surface area contributed by atoms with Crippen LogP contribution in [0.5, 0.6) is 0 Å². The van der Waals surface area contributed by atoms with Gasteiger partial charge in [-0.15, -0.1) is 0 Å². The van der Waals surface area contributed by atoms with Gasteiger partial charge in [0.1, 0.15) is 11.5 Å². The number of nitrogens with one attached hydrogen (secondary N) is 1. The second kappa shape index (κ2) is 6.56. The number of rotatable bonds is 4. The van der Waals surface area contributed by atoms with Gasteiger partial charge < -0.3 is 9.73 Å². The smallest absolute Gasteiger partial charge is 0.248 e. The Balaban J connectivity index is 1.99. The molecule has 0 saturated heterocycles. The van der Waals surface area contributed by atoms with E-state index in [1.165, 1.54) is 6.08 Å². The highest BCUT2D eigenvalue weighted by atomic mass is 127. The Labute approximate surface area is 125 Å². The third-order valence-electron chi connectivity index (χ3n) is 2.56. The first-order valence-corrected chi connectivity index (χ1v) is 7.09. The third kappa shape index (κ3) is 3.96. The van der Waals surface area contributed by atoms with Crippen LogP contribution in [0.1, 0.15) is 18.4 Å². The lowest BCUT2D eigenvalue weighted by Crippen LogP contribution is -2.08. The van der Waals surface area contributed by atoms with Crippen LogP contribution in [0.3, 0.4) is 0 Å². The fraction of sp³-hybridized carbons (Fsp3) is 0.133. The summed E-state index contributed by atoms with van der Waals surface area (Å²) in [6, 6.07) is 11.4.